The van der Waals surface area contributed by atoms with Gasteiger partial charge < -0.3 is 87.2 Å². The van der Waals surface area contributed by atoms with E-state index in [-0.39, 0.29) is 105 Å². The molecule has 836 valence electrons. The third-order valence-corrected chi connectivity index (χ3v) is 27.6. The van der Waals surface area contributed by atoms with Crippen molar-refractivity contribution in [2.75, 3.05) is 68.2 Å². The Kier molecular flexibility index (Phi) is 68.5. The second-order valence-electron chi connectivity index (χ2n) is 50.3. The molecule has 0 aromatic carbocycles. The number of carbonyl (C=O) groups excluding carboxylic acids is 9. The molecule has 11 N–H and O–H groups in total. The number of carbonyl (C=O) groups is 9. The van der Waals surface area contributed by atoms with Crippen LogP contribution in [0.3, 0.4) is 0 Å². The van der Waals surface area contributed by atoms with Gasteiger partial charge in [-0.25, -0.2) is 19.2 Å². The van der Waals surface area contributed by atoms with E-state index in [0.717, 1.165) is 64.2 Å². The van der Waals surface area contributed by atoms with E-state index in [2.05, 4.69) is 239 Å². The van der Waals surface area contributed by atoms with Crippen LogP contribution in [0.15, 0.2) is 0 Å². The summed E-state index contributed by atoms with van der Waals surface area (Å²) in [6.07, 6.45) is 40.4. The van der Waals surface area contributed by atoms with Crippen molar-refractivity contribution in [3.05, 3.63) is 0 Å². The van der Waals surface area contributed by atoms with Gasteiger partial charge in [-0.05, 0) is 144 Å². The van der Waals surface area contributed by atoms with Crippen LogP contribution in [0.25, 0.3) is 0 Å². The number of rotatable bonds is 40. The van der Waals surface area contributed by atoms with Crippen molar-refractivity contribution in [2.24, 2.45) is 63.6 Å². The summed E-state index contributed by atoms with van der Waals surface area (Å²) < 4.78 is 21.1. The number of Topliss-reactive ketones (excluding diaryl/α,β-unsaturated/α-hetero) is 5. The average molecular weight is 2010 g/mol. The average Bonchev–Trinajstić information content (AvgIpc) is 1.61. The van der Waals surface area contributed by atoms with Crippen LogP contribution >= 0.6 is 0 Å². The highest BCUT2D eigenvalue weighted by Crippen LogP contribution is 2.39. The van der Waals surface area contributed by atoms with Crippen molar-refractivity contribution in [1.29, 1.82) is 0 Å². The molecule has 0 bridgehead atoms. The summed E-state index contributed by atoms with van der Waals surface area (Å²) in [5.41, 5.74) is -0.180. The van der Waals surface area contributed by atoms with Gasteiger partial charge in [0.2, 0.25) is 0 Å². The maximum atomic E-state index is 12.5. The molecule has 26 heteroatoms. The Morgan fingerprint density at radius 3 is 0.937 bits per heavy atom. The number of hydrogen-bond acceptors (Lipinski definition) is 22. The molecule has 142 heavy (non-hydrogen) atoms. The third-order valence-electron chi connectivity index (χ3n) is 27.6. The zero-order chi connectivity index (χ0) is 109. The van der Waals surface area contributed by atoms with Gasteiger partial charge in [0.15, 0.2) is 28.9 Å². The lowest BCUT2D eigenvalue weighted by atomic mass is 9.76. The van der Waals surface area contributed by atoms with Crippen molar-refractivity contribution >= 4 is 53.3 Å². The van der Waals surface area contributed by atoms with E-state index < -0.39 is 0 Å². The van der Waals surface area contributed by atoms with Gasteiger partial charge in [-0.3, -0.25) is 24.0 Å². The van der Waals surface area contributed by atoms with Crippen LogP contribution in [0.4, 0.5) is 19.2 Å². The molecule has 0 radical (unpaired) electrons. The molecule has 4 amide bonds. The van der Waals surface area contributed by atoms with Crippen LogP contribution in [0.5, 0.6) is 0 Å². The van der Waals surface area contributed by atoms with E-state index in [1.54, 1.807) is 35.2 Å². The van der Waals surface area contributed by atoms with Gasteiger partial charge in [0.1, 0.15) is 26.4 Å². The number of ketones is 5. The van der Waals surface area contributed by atoms with Gasteiger partial charge in [-0.1, -0.05) is 344 Å². The SMILES string of the molecule is CC(C)NC1(COC(=O)N(C)C)CCCCC1.CC(C)N[C@H](C(=O)C(C)(C)C)C1CCCCC1.CC(C)N[C@H](C(=O)C(C)C)C(C)(C)C.CC(C)N[C@H](C(=O)C(C)C)C1CCCCC1.CC(C)N[C@H](C(=O)C1CC1)C(C)C.CC(C)N[C@H](C(=O)C1CC1)C1CCCCC1.CC(C)N[C@H](COC(=O)N(C)C)C(C)(C)C.CCNC(=O)OCC1(NC(C)C)CCCCC1.CNC(=O)OCC1(NC(C)C)CCCCC1. The lowest BCUT2D eigenvalue weighted by Crippen LogP contribution is -2.54. The smallest absolute Gasteiger partial charge is 0.409 e. The maximum Gasteiger partial charge on any atom is 0.409 e. The zero-order valence-electron chi connectivity index (χ0n) is 99.1. The summed E-state index contributed by atoms with van der Waals surface area (Å²) in [5, 5.41) is 36.5. The fourth-order valence-corrected chi connectivity index (χ4v) is 20.0. The van der Waals surface area contributed by atoms with E-state index in [1.165, 1.54) is 164 Å². The van der Waals surface area contributed by atoms with Crippen LogP contribution in [-0.2, 0) is 42.9 Å². The van der Waals surface area contributed by atoms with Crippen LogP contribution in [0.2, 0.25) is 0 Å². The summed E-state index contributed by atoms with van der Waals surface area (Å²) in [6.45, 7) is 73.5. The number of alkyl carbamates (subject to hydrolysis) is 2. The quantitative estimate of drug-likeness (QED) is 0.0254. The minimum atomic E-state index is -0.337. The van der Waals surface area contributed by atoms with Crippen LogP contribution < -0.4 is 58.5 Å². The lowest BCUT2D eigenvalue weighted by molar-refractivity contribution is -0.130. The number of nitrogens with one attached hydrogen (secondary N) is 11. The molecule has 8 saturated carbocycles. The predicted molar refractivity (Wildman–Crippen MR) is 593 cm³/mol. The first-order valence-electron chi connectivity index (χ1n) is 57.0. The Balaban J connectivity index is 0.00000158. The topological polar surface area (TPSA) is 329 Å². The highest BCUT2D eigenvalue weighted by Gasteiger charge is 2.43. The van der Waals surface area contributed by atoms with Crippen LogP contribution in [0, 0.1) is 63.6 Å². The highest BCUT2D eigenvalue weighted by atomic mass is 16.6. The fraction of sp³-hybridized carbons (Fsp3) is 0.922. The largest absolute Gasteiger partial charge is 0.448 e. The molecule has 0 aliphatic heterocycles. The molecule has 0 heterocycles. The van der Waals surface area contributed by atoms with Crippen molar-refractivity contribution in [3.63, 3.8) is 0 Å². The first-order valence-corrected chi connectivity index (χ1v) is 57.0. The van der Waals surface area contributed by atoms with Gasteiger partial charge in [-0.2, -0.15) is 0 Å². The molecule has 0 aromatic heterocycles. The Morgan fingerprint density at radius 1 is 0.331 bits per heavy atom. The zero-order valence-corrected chi connectivity index (χ0v) is 99.1. The second kappa shape index (κ2) is 70.9. The van der Waals surface area contributed by atoms with E-state index in [1.807, 2.05) is 55.4 Å². The molecule has 8 aliphatic carbocycles. The van der Waals surface area contributed by atoms with Crippen LogP contribution in [0.1, 0.15) is 454 Å². The van der Waals surface area contributed by atoms with E-state index in [0.29, 0.717) is 152 Å². The minimum Gasteiger partial charge on any atom is -0.448 e. The first kappa shape index (κ1) is 137. The van der Waals surface area contributed by atoms with Crippen molar-refractivity contribution in [1.82, 2.24) is 68.3 Å². The predicted octanol–water partition coefficient (Wildman–Crippen LogP) is 23.2. The van der Waals surface area contributed by atoms with Gasteiger partial charge in [0, 0.05) is 131 Å². The molecule has 0 unspecified atom stereocenters. The van der Waals surface area contributed by atoms with Gasteiger partial charge in [0.25, 0.3) is 0 Å². The lowest BCUT2D eigenvalue weighted by Gasteiger charge is -2.39. The minimum absolute atomic E-state index is 0.00106. The Bertz CT molecular complexity index is 3340. The van der Waals surface area contributed by atoms with Crippen molar-refractivity contribution in [3.8, 4) is 0 Å². The number of nitrogens with zero attached hydrogens (tertiary/aromatic N) is 2. The summed E-state index contributed by atoms with van der Waals surface area (Å²) >= 11 is 0. The van der Waals surface area contributed by atoms with E-state index in [4.69, 9.17) is 18.9 Å². The van der Waals surface area contributed by atoms with Crippen LogP contribution in [-0.4, -0.2) is 239 Å². The molecule has 6 atom stereocenters. The molecule has 8 fully saturated rings. The van der Waals surface area contributed by atoms with E-state index in [9.17, 15) is 43.2 Å². The Hall–Kier alpha value is -4.93. The number of hydrogen-bond donors (Lipinski definition) is 11. The summed E-state index contributed by atoms with van der Waals surface area (Å²) in [6, 6.07) is 4.12. The monoisotopic (exact) mass is 2010 g/mol. The highest BCUT2D eigenvalue weighted by molar-refractivity contribution is 5.90. The first-order chi connectivity index (χ1) is 65.9. The number of ether oxygens (including phenoxy) is 4. The molecular formula is C116H229N13O13. The maximum absolute atomic E-state index is 12.5. The van der Waals surface area contributed by atoms with Crippen molar-refractivity contribution in [2.45, 2.75) is 561 Å². The molecule has 0 aromatic rings. The molecular weight excluding hydrogens is 1780 g/mol. The Labute approximate surface area is 871 Å². The second-order valence-corrected chi connectivity index (χ2v) is 50.3. The summed E-state index contributed by atoms with van der Waals surface area (Å²) in [7, 11) is 8.39. The molecule has 26 nitrogen and oxygen atoms in total. The van der Waals surface area contributed by atoms with E-state index >= 15 is 0 Å². The fourth-order valence-electron chi connectivity index (χ4n) is 20.0. The van der Waals surface area contributed by atoms with Crippen molar-refractivity contribution < 1.29 is 62.1 Å². The standard InChI is InChI=1S/C15H29NO.C14H25NO.C14H27NO.2C13H26N2O2.C12H24N2O2.C12H26N2O2.C12H25NO.C11H21NO/c1-11(2)16-13(14(17)15(3,4)5)12-9-7-6-8-10-12;1-10(2)15-13(14(16)12-8-9-12)11-6-4-3-5-7-11;1-10(2)14(16)13(15-11(3)4)12-8-6-5-7-9-12;1-11(2)14-13(8-6-5-7-9-13)10-17-12(16)15(3)4;1-4-14-12(16)17-10-13(15-11(2)3)8-6-5-7-9-13;1-10(2)14-12(7-5-4-6-8-12)9-16-11(15)13-3;1-9(2)13-10(12(3,4)5)8-16-11(15)14(6)7;1-8(2)10(14)11(12(5,6)7)13-9(3)4;1-7(2)10(12-8(3)4)11(13)9-5-6-9/h11-13,16H,6-10H2,1-5H3;10-13,15H,3-9H2,1-2H3;10-13,15H,5-9H2,1-4H3;11,14H,5-10H2,1-4H3;11,15H,4-10H2,1-3H3,(H,14,16);10,14H,4-9H2,1-3H3,(H,13,15);9-10,13H,8H2,1-7H3;8-9,11,13H,1-7H3;7-10,12H,5-6H2,1-4H3/t3*13-;;;;10-;11-;10-/m000...110/s1. The summed E-state index contributed by atoms with van der Waals surface area (Å²) in [5.74, 6) is 5.23. The Morgan fingerprint density at radius 2 is 0.641 bits per heavy atom. The molecule has 0 saturated heterocycles. The molecule has 0 spiro atoms. The van der Waals surface area contributed by atoms with Gasteiger partial charge in [-0.15, -0.1) is 0 Å². The molecule has 8 rings (SSSR count). The normalized spacial score (nSPS) is 19.1. The van der Waals surface area contributed by atoms with Gasteiger partial charge in [0.05, 0.1) is 46.8 Å². The third kappa shape index (κ3) is 60.7. The number of amides is 4. The van der Waals surface area contributed by atoms with Gasteiger partial charge >= 0.3 is 24.4 Å². The summed E-state index contributed by atoms with van der Waals surface area (Å²) in [4.78, 5) is 109. The molecule has 8 aliphatic rings.